The zero-order chi connectivity index (χ0) is 10.1. The van der Waals surface area contributed by atoms with Gasteiger partial charge in [-0.05, 0) is 12.1 Å². The van der Waals surface area contributed by atoms with Crippen LogP contribution in [0.2, 0.25) is 0 Å². The van der Waals surface area contributed by atoms with Crippen molar-refractivity contribution < 1.29 is 9.50 Å². The lowest BCUT2D eigenvalue weighted by Crippen LogP contribution is -2.24. The molecular formula is C10H12BrFO. The number of hydrogen-bond donors (Lipinski definition) is 1. The smallest absolute Gasteiger partial charge is 0.128 e. The summed E-state index contributed by atoms with van der Waals surface area (Å²) in [6.45, 7) is 3.53. The maximum Gasteiger partial charge on any atom is 0.128 e. The Morgan fingerprint density at radius 1 is 1.46 bits per heavy atom. The third kappa shape index (κ3) is 2.09. The predicted octanol–water partition coefficient (Wildman–Crippen LogP) is 2.86. The van der Waals surface area contributed by atoms with Crippen molar-refractivity contribution in [2.75, 3.05) is 6.61 Å². The minimum atomic E-state index is -0.551. The summed E-state index contributed by atoms with van der Waals surface area (Å²) in [4.78, 5) is 0. The van der Waals surface area contributed by atoms with Crippen LogP contribution in [0, 0.1) is 5.82 Å². The first-order valence-corrected chi connectivity index (χ1v) is 4.83. The molecule has 0 aliphatic rings. The molecule has 1 aromatic carbocycles. The molecule has 72 valence electrons. The van der Waals surface area contributed by atoms with Crippen molar-refractivity contribution in [2.45, 2.75) is 19.3 Å². The number of aliphatic hydroxyl groups is 1. The largest absolute Gasteiger partial charge is 0.395 e. The van der Waals surface area contributed by atoms with E-state index in [1.165, 1.54) is 6.07 Å². The molecule has 0 unspecified atom stereocenters. The fourth-order valence-electron chi connectivity index (χ4n) is 1.22. The molecule has 1 rings (SSSR count). The number of benzene rings is 1. The number of aliphatic hydroxyl groups excluding tert-OH is 1. The maximum absolute atomic E-state index is 13.4. The van der Waals surface area contributed by atoms with Gasteiger partial charge in [-0.3, -0.25) is 0 Å². The highest BCUT2D eigenvalue weighted by Gasteiger charge is 2.25. The molecule has 0 heterocycles. The van der Waals surface area contributed by atoms with E-state index >= 15 is 0 Å². The molecule has 1 aromatic rings. The Morgan fingerprint density at radius 3 is 2.54 bits per heavy atom. The highest BCUT2D eigenvalue weighted by atomic mass is 79.9. The average Bonchev–Trinajstić information content (AvgIpc) is 2.03. The first-order valence-electron chi connectivity index (χ1n) is 4.04. The summed E-state index contributed by atoms with van der Waals surface area (Å²) < 4.78 is 14.1. The molecule has 0 spiro atoms. The first kappa shape index (κ1) is 10.7. The molecule has 0 fully saturated rings. The Kier molecular flexibility index (Phi) is 3.09. The van der Waals surface area contributed by atoms with E-state index in [0.29, 0.717) is 10.0 Å². The molecule has 3 heteroatoms. The van der Waals surface area contributed by atoms with Gasteiger partial charge in [-0.1, -0.05) is 35.8 Å². The van der Waals surface area contributed by atoms with Gasteiger partial charge in [-0.25, -0.2) is 4.39 Å². The Morgan fingerprint density at radius 2 is 2.08 bits per heavy atom. The van der Waals surface area contributed by atoms with Crippen LogP contribution in [0.4, 0.5) is 4.39 Å². The van der Waals surface area contributed by atoms with Crippen molar-refractivity contribution in [3.63, 3.8) is 0 Å². The number of halogens is 2. The molecule has 0 aliphatic carbocycles. The zero-order valence-corrected chi connectivity index (χ0v) is 9.23. The van der Waals surface area contributed by atoms with Gasteiger partial charge in [0.25, 0.3) is 0 Å². The third-order valence-electron chi connectivity index (χ3n) is 2.03. The molecule has 0 atom stereocenters. The van der Waals surface area contributed by atoms with Crippen LogP contribution in [0.25, 0.3) is 0 Å². The van der Waals surface area contributed by atoms with E-state index in [9.17, 15) is 4.39 Å². The van der Waals surface area contributed by atoms with Crippen LogP contribution in [0.3, 0.4) is 0 Å². The third-order valence-corrected chi connectivity index (χ3v) is 2.70. The highest BCUT2D eigenvalue weighted by molar-refractivity contribution is 9.10. The Hall–Kier alpha value is -0.410. The van der Waals surface area contributed by atoms with Gasteiger partial charge < -0.3 is 5.11 Å². The highest BCUT2D eigenvalue weighted by Crippen LogP contribution is 2.31. The van der Waals surface area contributed by atoms with Crippen LogP contribution >= 0.6 is 15.9 Å². The predicted molar refractivity (Wildman–Crippen MR) is 54.2 cm³/mol. The van der Waals surface area contributed by atoms with Crippen LogP contribution in [-0.2, 0) is 5.41 Å². The minimum absolute atomic E-state index is 0.0769. The molecule has 13 heavy (non-hydrogen) atoms. The number of hydrogen-bond acceptors (Lipinski definition) is 1. The molecular weight excluding hydrogens is 235 g/mol. The van der Waals surface area contributed by atoms with Crippen molar-refractivity contribution in [3.8, 4) is 0 Å². The van der Waals surface area contributed by atoms with E-state index in [1.54, 1.807) is 26.0 Å². The van der Waals surface area contributed by atoms with Crippen molar-refractivity contribution >= 4 is 15.9 Å². The lowest BCUT2D eigenvalue weighted by Gasteiger charge is -2.24. The van der Waals surface area contributed by atoms with Gasteiger partial charge >= 0.3 is 0 Å². The zero-order valence-electron chi connectivity index (χ0n) is 7.64. The second-order valence-electron chi connectivity index (χ2n) is 3.64. The SMILES string of the molecule is CC(C)(CO)c1c(F)cccc1Br. The Balaban J connectivity index is 3.28. The van der Waals surface area contributed by atoms with Crippen molar-refractivity contribution in [1.29, 1.82) is 0 Å². The van der Waals surface area contributed by atoms with Gasteiger partial charge in [0.05, 0.1) is 6.61 Å². The van der Waals surface area contributed by atoms with Gasteiger partial charge in [0.15, 0.2) is 0 Å². The Labute approximate surface area is 85.7 Å². The van der Waals surface area contributed by atoms with Crippen molar-refractivity contribution in [2.24, 2.45) is 0 Å². The van der Waals surface area contributed by atoms with Gasteiger partial charge in [-0.15, -0.1) is 0 Å². The van der Waals surface area contributed by atoms with Gasteiger partial charge in [0.2, 0.25) is 0 Å². The summed E-state index contributed by atoms with van der Waals surface area (Å²) in [7, 11) is 0. The molecule has 0 saturated heterocycles. The summed E-state index contributed by atoms with van der Waals surface area (Å²) in [5.41, 5.74) is -0.0259. The summed E-state index contributed by atoms with van der Waals surface area (Å²) >= 11 is 3.27. The molecule has 0 radical (unpaired) electrons. The number of rotatable bonds is 2. The van der Waals surface area contributed by atoms with Crippen LogP contribution in [0.15, 0.2) is 22.7 Å². The fourth-order valence-corrected chi connectivity index (χ4v) is 2.10. The molecule has 1 N–H and O–H groups in total. The molecule has 0 saturated carbocycles. The van der Waals surface area contributed by atoms with Gasteiger partial charge in [0.1, 0.15) is 5.82 Å². The quantitative estimate of drug-likeness (QED) is 0.851. The van der Waals surface area contributed by atoms with E-state index in [-0.39, 0.29) is 12.4 Å². The molecule has 0 aliphatic heterocycles. The lowest BCUT2D eigenvalue weighted by molar-refractivity contribution is 0.214. The minimum Gasteiger partial charge on any atom is -0.395 e. The lowest BCUT2D eigenvalue weighted by atomic mass is 9.85. The van der Waals surface area contributed by atoms with Crippen molar-refractivity contribution in [1.82, 2.24) is 0 Å². The fraction of sp³-hybridized carbons (Fsp3) is 0.400. The van der Waals surface area contributed by atoms with Gasteiger partial charge in [-0.2, -0.15) is 0 Å². The van der Waals surface area contributed by atoms with Crippen LogP contribution < -0.4 is 0 Å². The van der Waals surface area contributed by atoms with Crippen LogP contribution in [0.1, 0.15) is 19.4 Å². The van der Waals surface area contributed by atoms with E-state index in [2.05, 4.69) is 15.9 Å². The van der Waals surface area contributed by atoms with Crippen LogP contribution in [0.5, 0.6) is 0 Å². The van der Waals surface area contributed by atoms with Crippen molar-refractivity contribution in [3.05, 3.63) is 34.1 Å². The second-order valence-corrected chi connectivity index (χ2v) is 4.49. The standard InChI is InChI=1S/C10H12BrFO/c1-10(2,6-13)9-7(11)4-3-5-8(9)12/h3-5,13H,6H2,1-2H3. The normalized spacial score (nSPS) is 11.8. The molecule has 0 aromatic heterocycles. The molecule has 0 amide bonds. The summed E-state index contributed by atoms with van der Waals surface area (Å²) in [6.07, 6.45) is 0. The van der Waals surface area contributed by atoms with E-state index < -0.39 is 5.41 Å². The summed E-state index contributed by atoms with van der Waals surface area (Å²) in [6, 6.07) is 4.81. The maximum atomic E-state index is 13.4. The van der Waals surface area contributed by atoms with E-state index in [4.69, 9.17) is 5.11 Å². The monoisotopic (exact) mass is 246 g/mol. The second kappa shape index (κ2) is 3.76. The Bertz CT molecular complexity index is 290. The summed E-state index contributed by atoms with van der Waals surface area (Å²) in [5.74, 6) is -0.284. The average molecular weight is 247 g/mol. The molecule has 0 bridgehead atoms. The van der Waals surface area contributed by atoms with E-state index in [1.807, 2.05) is 0 Å². The first-order chi connectivity index (χ1) is 5.99. The molecule has 1 nitrogen and oxygen atoms in total. The van der Waals surface area contributed by atoms with E-state index in [0.717, 1.165) is 0 Å². The van der Waals surface area contributed by atoms with Gasteiger partial charge in [0, 0.05) is 15.5 Å². The topological polar surface area (TPSA) is 20.2 Å². The summed E-state index contributed by atoms with van der Waals surface area (Å²) in [5, 5.41) is 9.11. The van der Waals surface area contributed by atoms with Crippen LogP contribution in [-0.4, -0.2) is 11.7 Å².